The van der Waals surface area contributed by atoms with E-state index in [1.165, 1.54) is 23.2 Å². The Kier molecular flexibility index (Phi) is 6.34. The second-order valence-electron chi connectivity index (χ2n) is 8.18. The maximum Gasteiger partial charge on any atom is 0.416 e. The Hall–Kier alpha value is -3.06. The van der Waals surface area contributed by atoms with Crippen LogP contribution in [0.15, 0.2) is 36.5 Å². The lowest BCUT2D eigenvalue weighted by atomic mass is 9.78. The van der Waals surface area contributed by atoms with Crippen LogP contribution in [0.1, 0.15) is 28.0 Å². The van der Waals surface area contributed by atoms with E-state index in [0.29, 0.717) is 12.1 Å². The number of halogens is 7. The van der Waals surface area contributed by atoms with E-state index in [1.54, 1.807) is 0 Å². The van der Waals surface area contributed by atoms with Crippen LogP contribution in [-0.4, -0.2) is 48.7 Å². The molecule has 2 aliphatic rings. The van der Waals surface area contributed by atoms with Gasteiger partial charge < -0.3 is 10.2 Å². The van der Waals surface area contributed by atoms with Crippen molar-refractivity contribution in [3.05, 3.63) is 58.4 Å². The summed E-state index contributed by atoms with van der Waals surface area (Å²) < 4.78 is 82.5. The maximum absolute atomic E-state index is 14.3. The van der Waals surface area contributed by atoms with Gasteiger partial charge in [0.05, 0.1) is 17.4 Å². The summed E-state index contributed by atoms with van der Waals surface area (Å²) >= 11 is 5.76. The number of alkyl halides is 6. The Bertz CT molecular complexity index is 1140. The number of benzene rings is 1. The third-order valence-corrected chi connectivity index (χ3v) is 6.20. The van der Waals surface area contributed by atoms with Gasteiger partial charge in [0.1, 0.15) is 23.8 Å². The summed E-state index contributed by atoms with van der Waals surface area (Å²) in [6.45, 7) is -0.864. The van der Waals surface area contributed by atoms with Crippen molar-refractivity contribution in [1.29, 1.82) is 0 Å². The van der Waals surface area contributed by atoms with Gasteiger partial charge in [0.15, 0.2) is 0 Å². The van der Waals surface area contributed by atoms with Crippen molar-refractivity contribution in [1.82, 2.24) is 15.8 Å². The average molecular weight is 523 g/mol. The van der Waals surface area contributed by atoms with E-state index in [4.69, 9.17) is 16.4 Å². The first-order chi connectivity index (χ1) is 16.3. The lowest BCUT2D eigenvalue weighted by molar-refractivity contribution is -0.184. The molecule has 7 nitrogen and oxygen atoms in total. The van der Waals surface area contributed by atoms with Crippen LogP contribution >= 0.6 is 11.6 Å². The van der Waals surface area contributed by atoms with E-state index in [1.807, 2.05) is 0 Å². The molecule has 2 N–H and O–H groups in total. The highest BCUT2D eigenvalue weighted by Crippen LogP contribution is 2.50. The Balaban J connectivity index is 1.57. The molecular formula is C21H17ClF6N4O3. The van der Waals surface area contributed by atoms with Crippen molar-refractivity contribution in [3.8, 4) is 0 Å². The first-order valence-electron chi connectivity index (χ1n) is 10.2. The number of hydrogen-bond donors (Lipinski definition) is 2. The summed E-state index contributed by atoms with van der Waals surface area (Å²) in [5.74, 6) is -1.22. The Morgan fingerprint density at radius 1 is 1.20 bits per heavy atom. The van der Waals surface area contributed by atoms with Gasteiger partial charge in [0.2, 0.25) is 0 Å². The first kappa shape index (κ1) is 25.0. The second-order valence-corrected chi connectivity index (χ2v) is 8.62. The number of nitrogens with zero attached hydrogens (tertiary/aromatic N) is 2. The monoisotopic (exact) mass is 522 g/mol. The zero-order chi connectivity index (χ0) is 25.6. The van der Waals surface area contributed by atoms with E-state index in [9.17, 15) is 35.9 Å². The topological polar surface area (TPSA) is 83.6 Å². The number of carbonyl (C=O) groups excluding carboxylic acids is 2. The molecule has 188 valence electrons. The van der Waals surface area contributed by atoms with E-state index < -0.39 is 64.7 Å². The van der Waals surface area contributed by atoms with Crippen LogP contribution in [0.2, 0.25) is 5.02 Å². The predicted molar refractivity (Wildman–Crippen MR) is 111 cm³/mol. The highest BCUT2D eigenvalue weighted by atomic mass is 35.5. The molecule has 4 rings (SSSR count). The molecule has 2 fully saturated rings. The molecule has 14 heteroatoms. The molecule has 0 aliphatic carbocycles. The molecule has 0 bridgehead atoms. The number of hydrogen-bond acceptors (Lipinski definition) is 5. The smallest absolute Gasteiger partial charge is 0.369 e. The lowest BCUT2D eigenvalue weighted by Crippen LogP contribution is -2.45. The fourth-order valence-corrected chi connectivity index (χ4v) is 4.32. The maximum atomic E-state index is 14.3. The Morgan fingerprint density at radius 2 is 1.94 bits per heavy atom. The number of hydroxylamine groups is 1. The predicted octanol–water partition coefficient (Wildman–Crippen LogP) is 3.62. The van der Waals surface area contributed by atoms with Crippen molar-refractivity contribution in [2.75, 3.05) is 24.6 Å². The van der Waals surface area contributed by atoms with Gasteiger partial charge in [0, 0.05) is 18.1 Å². The molecule has 3 heterocycles. The van der Waals surface area contributed by atoms with Crippen LogP contribution in [0.25, 0.3) is 0 Å². The van der Waals surface area contributed by atoms with Gasteiger partial charge in [-0.1, -0.05) is 11.6 Å². The van der Waals surface area contributed by atoms with E-state index >= 15 is 0 Å². The van der Waals surface area contributed by atoms with Crippen LogP contribution in [0, 0.1) is 0 Å². The number of anilines is 1. The number of nitrogens with one attached hydrogen (secondary N) is 2. The third-order valence-electron chi connectivity index (χ3n) is 5.98. The fourth-order valence-electron chi connectivity index (χ4n) is 4.08. The zero-order valence-electron chi connectivity index (χ0n) is 17.6. The van der Waals surface area contributed by atoms with Gasteiger partial charge in [-0.25, -0.2) is 10.5 Å². The number of pyridine rings is 1. The molecule has 0 saturated carbocycles. The highest BCUT2D eigenvalue weighted by Gasteiger charge is 2.59. The van der Waals surface area contributed by atoms with Crippen LogP contribution in [0.5, 0.6) is 0 Å². The largest absolute Gasteiger partial charge is 0.416 e. The molecule has 0 spiro atoms. The van der Waals surface area contributed by atoms with E-state index in [-0.39, 0.29) is 24.5 Å². The first-order valence-corrected chi connectivity index (χ1v) is 10.6. The number of rotatable bonds is 4. The minimum absolute atomic E-state index is 0.0739. The summed E-state index contributed by atoms with van der Waals surface area (Å²) in [6.07, 6.45) is -9.05. The number of amides is 2. The van der Waals surface area contributed by atoms with Gasteiger partial charge in [-0.05, 0) is 42.3 Å². The summed E-state index contributed by atoms with van der Waals surface area (Å²) in [4.78, 5) is 33.7. The van der Waals surface area contributed by atoms with E-state index in [2.05, 4.69) is 15.8 Å². The van der Waals surface area contributed by atoms with Crippen molar-refractivity contribution < 1.29 is 40.8 Å². The molecular weight excluding hydrogens is 506 g/mol. The molecule has 2 amide bonds. The third kappa shape index (κ3) is 4.87. The average Bonchev–Trinajstić information content (AvgIpc) is 3.40. The molecule has 2 aliphatic heterocycles. The van der Waals surface area contributed by atoms with Gasteiger partial charge in [-0.15, -0.1) is 0 Å². The van der Waals surface area contributed by atoms with E-state index in [0.717, 1.165) is 6.07 Å². The lowest BCUT2D eigenvalue weighted by Gasteiger charge is -2.33. The molecule has 2 atom stereocenters. The van der Waals surface area contributed by atoms with Gasteiger partial charge >= 0.3 is 12.4 Å². The van der Waals surface area contributed by atoms with Crippen LogP contribution in [-0.2, 0) is 21.2 Å². The van der Waals surface area contributed by atoms with Gasteiger partial charge in [0.25, 0.3) is 11.8 Å². The zero-order valence-corrected chi connectivity index (χ0v) is 18.4. The summed E-state index contributed by atoms with van der Waals surface area (Å²) in [5.41, 5.74) is -2.20. The SMILES string of the molecule is O=C(NC1CONC1=O)c1ccc(N2CCC(c3cc(Cl)cc(C(F)(F)F)c3)(C(F)(F)F)C2)cn1. The molecule has 1 aromatic carbocycles. The fraction of sp³-hybridized carbons (Fsp3) is 0.381. The number of carbonyl (C=O) groups is 2. The molecule has 2 saturated heterocycles. The molecule has 1 aromatic heterocycles. The van der Waals surface area contributed by atoms with Crippen molar-refractivity contribution >= 4 is 29.1 Å². The summed E-state index contributed by atoms with van der Waals surface area (Å²) in [6, 6.07) is 3.71. The van der Waals surface area contributed by atoms with Gasteiger partial charge in [-0.3, -0.25) is 14.4 Å². The molecule has 2 aromatic rings. The molecule has 35 heavy (non-hydrogen) atoms. The van der Waals surface area contributed by atoms with Crippen molar-refractivity contribution in [2.24, 2.45) is 0 Å². The normalized spacial score (nSPS) is 22.9. The summed E-state index contributed by atoms with van der Waals surface area (Å²) in [5, 5.41) is 1.96. The molecule has 2 unspecified atom stereocenters. The highest BCUT2D eigenvalue weighted by molar-refractivity contribution is 6.30. The summed E-state index contributed by atoms with van der Waals surface area (Å²) in [7, 11) is 0. The van der Waals surface area contributed by atoms with Crippen LogP contribution in [0.4, 0.5) is 32.0 Å². The Morgan fingerprint density at radius 3 is 2.51 bits per heavy atom. The van der Waals surface area contributed by atoms with Gasteiger partial charge in [-0.2, -0.15) is 26.3 Å². The standard InChI is InChI=1S/C21H17ClF6N4O3/c22-13-6-11(5-12(7-13)20(23,24)25)19(21(26,27)28)3-4-32(10-19)14-1-2-15(29-8-14)17(33)30-16-9-35-31-18(16)34/h1-2,5-8,16H,3-4,9-10H2,(H,30,33)(H,31,34). The quantitative estimate of drug-likeness (QED) is 0.599. The van der Waals surface area contributed by atoms with Crippen LogP contribution < -0.4 is 15.7 Å². The minimum Gasteiger partial charge on any atom is -0.369 e. The molecule has 0 radical (unpaired) electrons. The number of aromatic nitrogens is 1. The van der Waals surface area contributed by atoms with Crippen LogP contribution in [0.3, 0.4) is 0 Å². The Labute approximate surface area is 199 Å². The van der Waals surface area contributed by atoms with Crippen molar-refractivity contribution in [3.63, 3.8) is 0 Å². The minimum atomic E-state index is -4.87. The second kappa shape index (κ2) is 8.86. The van der Waals surface area contributed by atoms with Crippen molar-refractivity contribution in [2.45, 2.75) is 30.2 Å².